The van der Waals surface area contributed by atoms with E-state index in [1.54, 1.807) is 18.4 Å². The van der Waals surface area contributed by atoms with E-state index in [4.69, 9.17) is 9.84 Å². The first kappa shape index (κ1) is 22.0. The van der Waals surface area contributed by atoms with Gasteiger partial charge in [0.15, 0.2) is 5.65 Å². The van der Waals surface area contributed by atoms with E-state index in [9.17, 15) is 9.59 Å². The van der Waals surface area contributed by atoms with Crippen molar-refractivity contribution in [1.82, 2.24) is 24.3 Å². The van der Waals surface area contributed by atoms with Crippen molar-refractivity contribution in [3.8, 4) is 5.75 Å². The Labute approximate surface area is 198 Å². The fourth-order valence-electron chi connectivity index (χ4n) is 4.00. The molecule has 0 bridgehead atoms. The van der Waals surface area contributed by atoms with Gasteiger partial charge in [0.1, 0.15) is 24.0 Å². The molecule has 1 atom stereocenters. The Morgan fingerprint density at radius 3 is 2.79 bits per heavy atom. The molecule has 0 aliphatic carbocycles. The van der Waals surface area contributed by atoms with Crippen LogP contribution in [0.15, 0.2) is 64.2 Å². The van der Waals surface area contributed by atoms with Crippen LogP contribution in [0.25, 0.3) is 11.0 Å². The third-order valence-electron chi connectivity index (χ3n) is 5.71. The van der Waals surface area contributed by atoms with Gasteiger partial charge in [-0.25, -0.2) is 14.7 Å². The number of hydrazone groups is 1. The van der Waals surface area contributed by atoms with Crippen LogP contribution in [0.4, 0.5) is 0 Å². The maximum Gasteiger partial charge on any atom is 0.264 e. The predicted octanol–water partition coefficient (Wildman–Crippen LogP) is 2.03. The van der Waals surface area contributed by atoms with E-state index in [1.807, 2.05) is 41.8 Å². The number of carbonyl (C=O) groups is 1. The standard InChI is InChI=1S/C23H22N6O4S/c1-33-16-6-4-15(5-7-16)19-11-18(20-3-2-10-34-20)26-29(19)21(31)13-27-14-24-22-17(23(27)32)12-25-28(22)8-9-30/h2-7,10,12,14,19,30H,8-9,11,13H2,1H3/t19-/m1/s1. The monoisotopic (exact) mass is 478 g/mol. The lowest BCUT2D eigenvalue weighted by Crippen LogP contribution is -2.34. The molecule has 1 amide bonds. The number of rotatable bonds is 7. The maximum atomic E-state index is 13.4. The fourth-order valence-corrected chi connectivity index (χ4v) is 4.73. The Kier molecular flexibility index (Phi) is 5.95. The lowest BCUT2D eigenvalue weighted by Gasteiger charge is -2.22. The van der Waals surface area contributed by atoms with Crippen molar-refractivity contribution in [2.75, 3.05) is 13.7 Å². The molecule has 11 heteroatoms. The van der Waals surface area contributed by atoms with Crippen LogP contribution in [0.3, 0.4) is 0 Å². The highest BCUT2D eigenvalue weighted by Crippen LogP contribution is 2.34. The second-order valence-corrected chi connectivity index (χ2v) is 8.71. The molecule has 1 N–H and O–H groups in total. The van der Waals surface area contributed by atoms with E-state index in [0.717, 1.165) is 21.9 Å². The summed E-state index contributed by atoms with van der Waals surface area (Å²) in [7, 11) is 1.61. The average Bonchev–Trinajstić information content (AvgIpc) is 3.61. The maximum absolute atomic E-state index is 13.4. The quantitative estimate of drug-likeness (QED) is 0.435. The van der Waals surface area contributed by atoms with Crippen LogP contribution in [0.2, 0.25) is 0 Å². The molecule has 0 spiro atoms. The van der Waals surface area contributed by atoms with Crippen LogP contribution in [0, 0.1) is 0 Å². The molecular weight excluding hydrogens is 456 g/mol. The first-order chi connectivity index (χ1) is 16.6. The Morgan fingerprint density at radius 2 is 2.09 bits per heavy atom. The Bertz CT molecular complexity index is 1410. The Hall–Kier alpha value is -3.83. The number of nitrogens with zero attached hydrogens (tertiary/aromatic N) is 6. The van der Waals surface area contributed by atoms with E-state index in [2.05, 4.69) is 15.2 Å². The normalized spacial score (nSPS) is 15.6. The summed E-state index contributed by atoms with van der Waals surface area (Å²) in [6.07, 6.45) is 3.31. The van der Waals surface area contributed by atoms with Gasteiger partial charge in [0.2, 0.25) is 0 Å². The molecule has 3 aromatic heterocycles. The van der Waals surface area contributed by atoms with Crippen LogP contribution in [-0.4, -0.2) is 54.8 Å². The summed E-state index contributed by atoms with van der Waals surface area (Å²) in [5, 5.41) is 21.6. The summed E-state index contributed by atoms with van der Waals surface area (Å²) >= 11 is 1.57. The minimum absolute atomic E-state index is 0.119. The minimum atomic E-state index is -0.370. The zero-order valence-electron chi connectivity index (χ0n) is 18.4. The molecule has 1 aliphatic heterocycles. The molecular formula is C23H22N6O4S. The van der Waals surface area contributed by atoms with Gasteiger partial charge in [-0.2, -0.15) is 10.2 Å². The van der Waals surface area contributed by atoms with Crippen molar-refractivity contribution < 1.29 is 14.6 Å². The molecule has 34 heavy (non-hydrogen) atoms. The van der Waals surface area contributed by atoms with Gasteiger partial charge in [0, 0.05) is 6.42 Å². The number of aromatic nitrogens is 4. The summed E-state index contributed by atoms with van der Waals surface area (Å²) in [6, 6.07) is 11.2. The molecule has 174 valence electrons. The summed E-state index contributed by atoms with van der Waals surface area (Å²) in [5.74, 6) is 0.407. The lowest BCUT2D eigenvalue weighted by atomic mass is 10.0. The molecule has 0 unspecified atom stereocenters. The van der Waals surface area contributed by atoms with Gasteiger partial charge < -0.3 is 9.84 Å². The zero-order valence-corrected chi connectivity index (χ0v) is 19.2. The third-order valence-corrected chi connectivity index (χ3v) is 6.63. The number of methoxy groups -OCH3 is 1. The molecule has 10 nitrogen and oxygen atoms in total. The van der Waals surface area contributed by atoms with Crippen LogP contribution < -0.4 is 10.3 Å². The fraction of sp³-hybridized carbons (Fsp3) is 0.261. The smallest absolute Gasteiger partial charge is 0.264 e. The average molecular weight is 479 g/mol. The SMILES string of the molecule is COc1ccc([C@H]2CC(c3cccs3)=NN2C(=O)Cn2cnc3c(cnn3CCO)c2=O)cc1. The molecule has 1 aliphatic rings. The van der Waals surface area contributed by atoms with E-state index >= 15 is 0 Å². The number of fused-ring (bicyclic) bond motifs is 1. The van der Waals surface area contributed by atoms with Crippen molar-refractivity contribution in [3.63, 3.8) is 0 Å². The first-order valence-electron chi connectivity index (χ1n) is 10.7. The van der Waals surface area contributed by atoms with Gasteiger partial charge in [0.25, 0.3) is 11.5 Å². The molecule has 0 fully saturated rings. The topological polar surface area (TPSA) is 115 Å². The first-order valence-corrected chi connectivity index (χ1v) is 11.6. The van der Waals surface area contributed by atoms with Crippen molar-refractivity contribution in [2.45, 2.75) is 25.6 Å². The zero-order chi connectivity index (χ0) is 23.7. The number of aliphatic hydroxyl groups is 1. The van der Waals surface area contributed by atoms with Crippen LogP contribution in [-0.2, 0) is 17.9 Å². The highest BCUT2D eigenvalue weighted by molar-refractivity contribution is 7.12. The highest BCUT2D eigenvalue weighted by Gasteiger charge is 2.33. The minimum Gasteiger partial charge on any atom is -0.497 e. The van der Waals surface area contributed by atoms with Gasteiger partial charge in [-0.15, -0.1) is 11.3 Å². The summed E-state index contributed by atoms with van der Waals surface area (Å²) in [4.78, 5) is 31.6. The Balaban J connectivity index is 1.45. The molecule has 4 aromatic rings. The van der Waals surface area contributed by atoms with Crippen molar-refractivity contribution >= 4 is 34.0 Å². The van der Waals surface area contributed by atoms with Crippen molar-refractivity contribution in [1.29, 1.82) is 0 Å². The number of ether oxygens (including phenoxy) is 1. The molecule has 0 radical (unpaired) electrons. The van der Waals surface area contributed by atoms with Gasteiger partial charge in [-0.05, 0) is 29.1 Å². The van der Waals surface area contributed by atoms with Gasteiger partial charge >= 0.3 is 0 Å². The summed E-state index contributed by atoms with van der Waals surface area (Å²) < 4.78 is 7.98. The molecule has 5 rings (SSSR count). The lowest BCUT2D eigenvalue weighted by molar-refractivity contribution is -0.133. The summed E-state index contributed by atoms with van der Waals surface area (Å²) in [5.41, 5.74) is 1.76. The van der Waals surface area contributed by atoms with Crippen molar-refractivity contribution in [2.24, 2.45) is 5.10 Å². The number of thiophene rings is 1. The number of hydrogen-bond acceptors (Lipinski definition) is 8. The second-order valence-electron chi connectivity index (χ2n) is 7.76. The van der Waals surface area contributed by atoms with E-state index in [1.165, 1.54) is 26.8 Å². The van der Waals surface area contributed by atoms with Gasteiger partial charge in [-0.1, -0.05) is 18.2 Å². The number of amides is 1. The third kappa shape index (κ3) is 3.99. The number of hydrogen-bond donors (Lipinski definition) is 1. The predicted molar refractivity (Wildman–Crippen MR) is 127 cm³/mol. The largest absolute Gasteiger partial charge is 0.497 e. The van der Waals surface area contributed by atoms with Gasteiger partial charge in [0.05, 0.1) is 43.1 Å². The van der Waals surface area contributed by atoms with Crippen LogP contribution >= 0.6 is 11.3 Å². The van der Waals surface area contributed by atoms with Crippen LogP contribution in [0.5, 0.6) is 5.75 Å². The molecule has 1 aromatic carbocycles. The second kappa shape index (κ2) is 9.20. The molecule has 4 heterocycles. The van der Waals surface area contributed by atoms with Crippen molar-refractivity contribution in [3.05, 3.63) is 75.1 Å². The van der Waals surface area contributed by atoms with Crippen LogP contribution in [0.1, 0.15) is 22.9 Å². The van der Waals surface area contributed by atoms with E-state index in [-0.39, 0.29) is 37.2 Å². The number of carbonyl (C=O) groups excluding carboxylic acids is 1. The number of benzene rings is 1. The number of aliphatic hydroxyl groups excluding tert-OH is 1. The molecule has 0 saturated carbocycles. The Morgan fingerprint density at radius 1 is 1.26 bits per heavy atom. The summed E-state index contributed by atoms with van der Waals surface area (Å²) in [6.45, 7) is -0.0937. The van der Waals surface area contributed by atoms with Gasteiger partial charge in [-0.3, -0.25) is 14.2 Å². The van der Waals surface area contributed by atoms with E-state index < -0.39 is 0 Å². The highest BCUT2D eigenvalue weighted by atomic mass is 32.1. The molecule has 0 saturated heterocycles. The van der Waals surface area contributed by atoms with E-state index in [0.29, 0.717) is 17.5 Å².